The molecule has 1 N–H and O–H groups in total. The second-order valence-corrected chi connectivity index (χ2v) is 10.7. The molecule has 0 saturated heterocycles. The van der Waals surface area contributed by atoms with Gasteiger partial charge in [-0.1, -0.05) is 81.4 Å². The lowest BCUT2D eigenvalue weighted by atomic mass is 9.97. The third-order valence-electron chi connectivity index (χ3n) is 7.91. The molecule has 0 aliphatic carbocycles. The maximum absolute atomic E-state index is 14.3. The van der Waals surface area contributed by atoms with Gasteiger partial charge in [0.2, 0.25) is 0 Å². The average Bonchev–Trinajstić information content (AvgIpc) is 3.54. The lowest BCUT2D eigenvalue weighted by Crippen LogP contribution is -2.38. The van der Waals surface area contributed by atoms with Crippen molar-refractivity contribution in [3.63, 3.8) is 0 Å². The van der Waals surface area contributed by atoms with Crippen LogP contribution in [-0.4, -0.2) is 25.3 Å². The number of nitrogens with zero attached hydrogens (tertiary/aromatic N) is 4. The van der Waals surface area contributed by atoms with Crippen LogP contribution >= 0.6 is 0 Å². The first-order valence-corrected chi connectivity index (χ1v) is 14.0. The Kier molecular flexibility index (Phi) is 6.76. The lowest BCUT2D eigenvalue weighted by molar-refractivity contribution is 0.194. The third-order valence-corrected chi connectivity index (χ3v) is 7.91. The number of hydrogen-bond donors (Lipinski definition) is 1. The summed E-state index contributed by atoms with van der Waals surface area (Å²) in [6.45, 7) is 8.96. The van der Waals surface area contributed by atoms with Crippen LogP contribution in [0.1, 0.15) is 66.4 Å². The highest BCUT2D eigenvalue weighted by Crippen LogP contribution is 2.39. The summed E-state index contributed by atoms with van der Waals surface area (Å²) < 4.78 is 4.21. The second kappa shape index (κ2) is 10.5. The molecule has 0 fully saturated rings. The predicted molar refractivity (Wildman–Crippen MR) is 160 cm³/mol. The number of rotatable bonds is 5. The molecule has 1 atom stereocenters. The fourth-order valence-electron chi connectivity index (χ4n) is 5.70. The Hall–Kier alpha value is -4.58. The van der Waals surface area contributed by atoms with Crippen molar-refractivity contribution < 1.29 is 4.79 Å². The van der Waals surface area contributed by atoms with Crippen molar-refractivity contribution in [3.8, 4) is 11.5 Å². The number of aromatic nitrogens is 3. The first-order chi connectivity index (χ1) is 19.5. The summed E-state index contributed by atoms with van der Waals surface area (Å²) in [5.74, 6) is 1.40. The van der Waals surface area contributed by atoms with E-state index in [4.69, 9.17) is 5.10 Å². The molecule has 1 unspecified atom stereocenters. The van der Waals surface area contributed by atoms with Crippen molar-refractivity contribution in [2.45, 2.75) is 52.6 Å². The summed E-state index contributed by atoms with van der Waals surface area (Å²) in [5, 5.41) is 8.20. The molecule has 1 aliphatic rings. The Morgan fingerprint density at radius 3 is 2.40 bits per heavy atom. The highest BCUT2D eigenvalue weighted by atomic mass is 16.2. The maximum Gasteiger partial charge on any atom is 0.322 e. The molecule has 1 aliphatic heterocycles. The van der Waals surface area contributed by atoms with Crippen LogP contribution in [0.2, 0.25) is 0 Å². The average molecular weight is 530 g/mol. The predicted octanol–water partition coefficient (Wildman–Crippen LogP) is 7.79. The largest absolute Gasteiger partial charge is 0.322 e. The minimum Gasteiger partial charge on any atom is -0.308 e. The number of amides is 2. The number of aryl methyl sites for hydroxylation is 2. The molecule has 3 aromatic carbocycles. The first-order valence-electron chi connectivity index (χ1n) is 14.0. The quantitative estimate of drug-likeness (QED) is 0.253. The molecule has 2 amide bonds. The van der Waals surface area contributed by atoms with E-state index < -0.39 is 0 Å². The first kappa shape index (κ1) is 25.7. The molecule has 5 aromatic rings. The minimum absolute atomic E-state index is 0.133. The Morgan fingerprint density at radius 2 is 1.68 bits per heavy atom. The van der Waals surface area contributed by atoms with Crippen LogP contribution in [0.3, 0.4) is 0 Å². The van der Waals surface area contributed by atoms with Gasteiger partial charge in [0.15, 0.2) is 0 Å². The van der Waals surface area contributed by atoms with Crippen molar-refractivity contribution in [2.75, 3.05) is 5.32 Å². The van der Waals surface area contributed by atoms with Crippen molar-refractivity contribution in [3.05, 3.63) is 131 Å². The van der Waals surface area contributed by atoms with Crippen LogP contribution in [0.4, 0.5) is 10.5 Å². The van der Waals surface area contributed by atoms with Gasteiger partial charge in [0.05, 0.1) is 29.7 Å². The molecule has 202 valence electrons. The Bertz CT molecular complexity index is 1650. The van der Waals surface area contributed by atoms with E-state index in [0.717, 1.165) is 51.7 Å². The number of benzene rings is 3. The Morgan fingerprint density at radius 1 is 0.950 bits per heavy atom. The number of carbonyl (C=O) groups is 1. The molecular formula is C34H35N5O. The van der Waals surface area contributed by atoms with Crippen molar-refractivity contribution in [1.29, 1.82) is 0 Å². The number of fused-ring (bicyclic) bond motifs is 3. The number of anilines is 1. The third kappa shape index (κ3) is 4.49. The van der Waals surface area contributed by atoms with Crippen molar-refractivity contribution >= 4 is 11.7 Å². The van der Waals surface area contributed by atoms with Gasteiger partial charge in [-0.15, -0.1) is 0 Å². The zero-order chi connectivity index (χ0) is 27.8. The smallest absolute Gasteiger partial charge is 0.308 e. The van der Waals surface area contributed by atoms with Gasteiger partial charge in [0.1, 0.15) is 5.82 Å². The van der Waals surface area contributed by atoms with Gasteiger partial charge >= 0.3 is 6.03 Å². The maximum atomic E-state index is 14.3. The van der Waals surface area contributed by atoms with Crippen molar-refractivity contribution in [1.82, 2.24) is 19.2 Å². The van der Waals surface area contributed by atoms with Crippen LogP contribution in [0.15, 0.2) is 97.2 Å². The van der Waals surface area contributed by atoms with Gasteiger partial charge in [0.25, 0.3) is 0 Å². The van der Waals surface area contributed by atoms with Crippen LogP contribution in [-0.2, 0) is 13.0 Å². The SMILES string of the molecule is CCc1ccccc1NC(=O)N1Cc2c(C)nn(-c3ccccc3)c2-n2cccc2C1c1ccc(C(C)C)cc1. The second-order valence-electron chi connectivity index (χ2n) is 10.7. The molecule has 0 spiro atoms. The van der Waals surface area contributed by atoms with Gasteiger partial charge in [-0.25, -0.2) is 9.48 Å². The van der Waals surface area contributed by atoms with E-state index in [1.165, 1.54) is 5.56 Å². The van der Waals surface area contributed by atoms with Crippen LogP contribution in [0, 0.1) is 6.92 Å². The number of nitrogens with one attached hydrogen (secondary N) is 1. The van der Waals surface area contributed by atoms with Gasteiger partial charge in [-0.05, 0) is 66.3 Å². The van der Waals surface area contributed by atoms with E-state index in [1.807, 2.05) is 52.9 Å². The minimum atomic E-state index is -0.291. The summed E-state index contributed by atoms with van der Waals surface area (Å²) in [4.78, 5) is 16.2. The van der Waals surface area contributed by atoms with E-state index >= 15 is 0 Å². The Labute approximate surface area is 235 Å². The van der Waals surface area contributed by atoms with Crippen LogP contribution in [0.5, 0.6) is 0 Å². The molecule has 0 saturated carbocycles. The number of para-hydroxylation sites is 2. The molecule has 6 nitrogen and oxygen atoms in total. The molecule has 6 rings (SSSR count). The topological polar surface area (TPSA) is 55.1 Å². The molecule has 6 heteroatoms. The lowest BCUT2D eigenvalue weighted by Gasteiger charge is -2.31. The van der Waals surface area contributed by atoms with Crippen molar-refractivity contribution in [2.24, 2.45) is 0 Å². The molecule has 40 heavy (non-hydrogen) atoms. The fourth-order valence-corrected chi connectivity index (χ4v) is 5.70. The standard InChI is InChI=1S/C34H35N5O/c1-5-25-12-9-10-15-30(25)35-34(40)38-22-29-24(4)36-39(28-13-7-6-8-14-28)33(29)37-21-11-16-31(37)32(38)27-19-17-26(18-20-27)23(2)3/h6-21,23,32H,5,22H2,1-4H3,(H,35,40). The molecular weight excluding hydrogens is 494 g/mol. The normalized spacial score (nSPS) is 14.5. The van der Waals surface area contributed by atoms with E-state index in [0.29, 0.717) is 12.5 Å². The van der Waals surface area contributed by atoms with Gasteiger partial charge in [-0.3, -0.25) is 0 Å². The monoisotopic (exact) mass is 529 g/mol. The zero-order valence-corrected chi connectivity index (χ0v) is 23.5. The van der Waals surface area contributed by atoms with Crippen LogP contribution < -0.4 is 5.32 Å². The summed E-state index contributed by atoms with van der Waals surface area (Å²) >= 11 is 0. The van der Waals surface area contributed by atoms with Gasteiger partial charge < -0.3 is 14.8 Å². The summed E-state index contributed by atoms with van der Waals surface area (Å²) in [6, 6.07) is 30.7. The van der Waals surface area contributed by atoms with E-state index in [-0.39, 0.29) is 12.1 Å². The highest BCUT2D eigenvalue weighted by molar-refractivity contribution is 5.91. The van der Waals surface area contributed by atoms with Gasteiger partial charge in [-0.2, -0.15) is 5.10 Å². The number of hydrogen-bond acceptors (Lipinski definition) is 2. The molecule has 0 bridgehead atoms. The van der Waals surface area contributed by atoms with E-state index in [2.05, 4.69) is 91.4 Å². The summed E-state index contributed by atoms with van der Waals surface area (Å²) in [6.07, 6.45) is 2.92. The van der Waals surface area contributed by atoms with Gasteiger partial charge in [0, 0.05) is 17.4 Å². The summed E-state index contributed by atoms with van der Waals surface area (Å²) in [5.41, 5.74) is 8.25. The fraction of sp³-hybridized carbons (Fsp3) is 0.235. The Balaban J connectivity index is 1.52. The number of urea groups is 1. The molecule has 2 aromatic heterocycles. The number of carbonyl (C=O) groups excluding carboxylic acids is 1. The molecule has 0 radical (unpaired) electrons. The van der Waals surface area contributed by atoms with Crippen LogP contribution in [0.25, 0.3) is 11.5 Å². The highest BCUT2D eigenvalue weighted by Gasteiger charge is 2.36. The van der Waals surface area contributed by atoms with E-state index in [1.54, 1.807) is 0 Å². The summed E-state index contributed by atoms with van der Waals surface area (Å²) in [7, 11) is 0. The van der Waals surface area contributed by atoms with E-state index in [9.17, 15) is 4.79 Å². The molecule has 3 heterocycles. The zero-order valence-electron chi connectivity index (χ0n) is 23.5.